The van der Waals surface area contributed by atoms with Gasteiger partial charge < -0.3 is 4.74 Å². The van der Waals surface area contributed by atoms with E-state index in [1.165, 1.54) is 57.8 Å². The van der Waals surface area contributed by atoms with Gasteiger partial charge in [0, 0.05) is 0 Å². The van der Waals surface area contributed by atoms with Gasteiger partial charge in [0.2, 0.25) is 0 Å². The van der Waals surface area contributed by atoms with Crippen LogP contribution in [0.5, 0.6) is 5.75 Å². The van der Waals surface area contributed by atoms with Gasteiger partial charge >= 0.3 is 0 Å². The molecule has 2 aliphatic rings. The molecule has 1 nitrogen and oxygen atoms in total. The zero-order valence-electron chi connectivity index (χ0n) is 15.7. The van der Waals surface area contributed by atoms with E-state index in [1.807, 2.05) is 0 Å². The summed E-state index contributed by atoms with van der Waals surface area (Å²) in [4.78, 5) is 0. The summed E-state index contributed by atoms with van der Waals surface area (Å²) in [5.74, 6) is 3.60. The standard InChI is InChI=1S/C22H32ClFO/c1-3-16-5-9-18(10-6-16)19-11-7-17(8-12-19)14-25-20-13-4-15(2)22(24)21(20)23/h4,13,16-19H,3,5-12,14H2,1-2H3. The number of benzene rings is 1. The molecule has 0 N–H and O–H groups in total. The molecule has 2 fully saturated rings. The average molecular weight is 367 g/mol. The van der Waals surface area contributed by atoms with E-state index in [1.54, 1.807) is 19.1 Å². The summed E-state index contributed by atoms with van der Waals surface area (Å²) in [7, 11) is 0. The van der Waals surface area contributed by atoms with E-state index in [9.17, 15) is 4.39 Å². The topological polar surface area (TPSA) is 9.23 Å². The van der Waals surface area contributed by atoms with E-state index in [2.05, 4.69) is 6.92 Å². The lowest BCUT2D eigenvalue weighted by molar-refractivity contribution is 0.123. The Hall–Kier alpha value is -0.760. The third-order valence-electron chi connectivity index (χ3n) is 6.74. The largest absolute Gasteiger partial charge is 0.492 e. The maximum absolute atomic E-state index is 13.9. The molecule has 2 aliphatic carbocycles. The first-order valence-electron chi connectivity index (χ1n) is 10.2. The second kappa shape index (κ2) is 8.75. The Labute approximate surface area is 157 Å². The van der Waals surface area contributed by atoms with Crippen LogP contribution in [-0.2, 0) is 0 Å². The lowest BCUT2D eigenvalue weighted by atomic mass is 9.69. The highest BCUT2D eigenvalue weighted by Gasteiger charge is 2.30. The smallest absolute Gasteiger partial charge is 0.148 e. The van der Waals surface area contributed by atoms with Crippen molar-refractivity contribution in [3.05, 3.63) is 28.5 Å². The third-order valence-corrected chi connectivity index (χ3v) is 7.09. The van der Waals surface area contributed by atoms with Crippen molar-refractivity contribution in [2.24, 2.45) is 23.7 Å². The Morgan fingerprint density at radius 3 is 2.08 bits per heavy atom. The van der Waals surface area contributed by atoms with E-state index in [-0.39, 0.29) is 10.8 Å². The van der Waals surface area contributed by atoms with E-state index in [4.69, 9.17) is 16.3 Å². The third kappa shape index (κ3) is 4.70. The second-order valence-electron chi connectivity index (χ2n) is 8.29. The summed E-state index contributed by atoms with van der Waals surface area (Å²) in [6.07, 6.45) is 12.3. The Morgan fingerprint density at radius 2 is 1.52 bits per heavy atom. The van der Waals surface area contributed by atoms with Crippen molar-refractivity contribution in [2.75, 3.05) is 6.61 Å². The summed E-state index contributed by atoms with van der Waals surface area (Å²) >= 11 is 6.06. The molecule has 0 amide bonds. The van der Waals surface area contributed by atoms with Crippen molar-refractivity contribution in [3.63, 3.8) is 0 Å². The molecule has 2 saturated carbocycles. The number of rotatable bonds is 5. The molecule has 0 aromatic heterocycles. The van der Waals surface area contributed by atoms with Gasteiger partial charge in [0.05, 0.1) is 6.61 Å². The predicted molar refractivity (Wildman–Crippen MR) is 103 cm³/mol. The monoisotopic (exact) mass is 366 g/mol. The zero-order chi connectivity index (χ0) is 17.8. The number of ether oxygens (including phenoxy) is 1. The van der Waals surface area contributed by atoms with Gasteiger partial charge in [-0.05, 0) is 80.8 Å². The Balaban J connectivity index is 1.43. The molecule has 0 aliphatic heterocycles. The molecule has 0 heterocycles. The minimum atomic E-state index is -0.356. The van der Waals surface area contributed by atoms with Crippen molar-refractivity contribution in [1.82, 2.24) is 0 Å². The Bertz CT molecular complexity index is 557. The van der Waals surface area contributed by atoms with Crippen LogP contribution in [0.25, 0.3) is 0 Å². The van der Waals surface area contributed by atoms with Gasteiger partial charge in [0.1, 0.15) is 16.6 Å². The van der Waals surface area contributed by atoms with Crippen LogP contribution in [0.4, 0.5) is 4.39 Å². The molecule has 0 saturated heterocycles. The van der Waals surface area contributed by atoms with Gasteiger partial charge in [-0.1, -0.05) is 43.9 Å². The molecule has 1 aromatic carbocycles. The normalized spacial score (nSPS) is 30.2. The minimum absolute atomic E-state index is 0.126. The van der Waals surface area contributed by atoms with Crippen LogP contribution >= 0.6 is 11.6 Å². The first kappa shape index (κ1) is 19.0. The summed E-state index contributed by atoms with van der Waals surface area (Å²) < 4.78 is 19.7. The fraction of sp³-hybridized carbons (Fsp3) is 0.727. The number of aryl methyl sites for hydroxylation is 1. The molecule has 0 atom stereocenters. The Kier molecular flexibility index (Phi) is 6.66. The van der Waals surface area contributed by atoms with Crippen molar-refractivity contribution >= 4 is 11.6 Å². The van der Waals surface area contributed by atoms with E-state index >= 15 is 0 Å². The van der Waals surface area contributed by atoms with Crippen LogP contribution < -0.4 is 4.74 Å². The van der Waals surface area contributed by atoms with Crippen LogP contribution in [0.2, 0.25) is 5.02 Å². The highest BCUT2D eigenvalue weighted by Crippen LogP contribution is 2.42. The molecular weight excluding hydrogens is 335 g/mol. The lowest BCUT2D eigenvalue weighted by Crippen LogP contribution is -2.27. The van der Waals surface area contributed by atoms with Gasteiger partial charge in [-0.2, -0.15) is 0 Å². The number of hydrogen-bond donors (Lipinski definition) is 0. The first-order valence-corrected chi connectivity index (χ1v) is 10.5. The second-order valence-corrected chi connectivity index (χ2v) is 8.67. The van der Waals surface area contributed by atoms with Gasteiger partial charge in [0.15, 0.2) is 0 Å². The molecule has 3 rings (SSSR count). The van der Waals surface area contributed by atoms with Crippen LogP contribution in [0.1, 0.15) is 70.3 Å². The van der Waals surface area contributed by atoms with E-state index < -0.39 is 0 Å². The minimum Gasteiger partial charge on any atom is -0.492 e. The average Bonchev–Trinajstić information content (AvgIpc) is 2.66. The molecular formula is C22H32ClFO. The quantitative estimate of drug-likeness (QED) is 0.535. The van der Waals surface area contributed by atoms with Gasteiger partial charge in [-0.15, -0.1) is 0 Å². The Morgan fingerprint density at radius 1 is 0.960 bits per heavy atom. The van der Waals surface area contributed by atoms with Gasteiger partial charge in [-0.3, -0.25) is 0 Å². The first-order chi connectivity index (χ1) is 12.1. The molecule has 3 heteroatoms. The highest BCUT2D eigenvalue weighted by molar-refractivity contribution is 6.32. The van der Waals surface area contributed by atoms with Gasteiger partial charge in [-0.25, -0.2) is 4.39 Å². The van der Waals surface area contributed by atoms with Crippen LogP contribution in [0, 0.1) is 36.4 Å². The zero-order valence-corrected chi connectivity index (χ0v) is 16.5. The predicted octanol–water partition coefficient (Wildman–Crippen LogP) is 7.19. The molecule has 0 spiro atoms. The van der Waals surface area contributed by atoms with Crippen molar-refractivity contribution in [3.8, 4) is 5.75 Å². The molecule has 0 radical (unpaired) electrons. The van der Waals surface area contributed by atoms with Crippen LogP contribution in [-0.4, -0.2) is 6.61 Å². The van der Waals surface area contributed by atoms with E-state index in [0.29, 0.717) is 23.8 Å². The number of hydrogen-bond acceptors (Lipinski definition) is 1. The highest BCUT2D eigenvalue weighted by atomic mass is 35.5. The van der Waals surface area contributed by atoms with Crippen molar-refractivity contribution < 1.29 is 9.13 Å². The van der Waals surface area contributed by atoms with Crippen molar-refractivity contribution in [1.29, 1.82) is 0 Å². The molecule has 140 valence electrons. The summed E-state index contributed by atoms with van der Waals surface area (Å²) in [6, 6.07) is 3.53. The maximum atomic E-state index is 13.9. The SMILES string of the molecule is CCC1CCC(C2CCC(COc3ccc(C)c(F)c3Cl)CC2)CC1. The van der Waals surface area contributed by atoms with Gasteiger partial charge in [0.25, 0.3) is 0 Å². The molecule has 0 bridgehead atoms. The lowest BCUT2D eigenvalue weighted by Gasteiger charge is -2.37. The summed E-state index contributed by atoms with van der Waals surface area (Å²) in [5, 5.41) is 0.126. The van der Waals surface area contributed by atoms with Crippen LogP contribution in [0.15, 0.2) is 12.1 Å². The van der Waals surface area contributed by atoms with E-state index in [0.717, 1.165) is 17.8 Å². The fourth-order valence-electron chi connectivity index (χ4n) is 4.84. The maximum Gasteiger partial charge on any atom is 0.148 e. The molecule has 1 aromatic rings. The number of halogens is 2. The fourth-order valence-corrected chi connectivity index (χ4v) is 5.11. The van der Waals surface area contributed by atoms with Crippen molar-refractivity contribution in [2.45, 2.75) is 71.6 Å². The molecule has 25 heavy (non-hydrogen) atoms. The summed E-state index contributed by atoms with van der Waals surface area (Å²) in [6.45, 7) is 4.72. The molecule has 0 unspecified atom stereocenters. The summed E-state index contributed by atoms with van der Waals surface area (Å²) in [5.41, 5.74) is 0.565. The van der Waals surface area contributed by atoms with Crippen LogP contribution in [0.3, 0.4) is 0 Å².